The van der Waals surface area contributed by atoms with Crippen LogP contribution in [0.5, 0.6) is 0 Å². The van der Waals surface area contributed by atoms with Gasteiger partial charge in [0, 0.05) is 17.8 Å². The normalized spacial score (nSPS) is 12.4. The maximum atomic E-state index is 5.70. The van der Waals surface area contributed by atoms with Crippen LogP contribution in [0.2, 0.25) is 0 Å². The summed E-state index contributed by atoms with van der Waals surface area (Å²) in [6, 6.07) is 10.0. The first kappa shape index (κ1) is 8.65. The molecule has 0 saturated carbocycles. The van der Waals surface area contributed by atoms with Crippen LogP contribution in [0.3, 0.4) is 0 Å². The standard InChI is InChI=1S/C10H14N2/c1-8(11)10(12)7-9-5-3-2-4-6-9/h2-6H,7,11-12H2,1H3. The Morgan fingerprint density at radius 3 is 2.25 bits per heavy atom. The van der Waals surface area contributed by atoms with Crippen LogP contribution in [0.25, 0.3) is 0 Å². The van der Waals surface area contributed by atoms with Crippen molar-refractivity contribution in [3.05, 3.63) is 47.3 Å². The molecule has 0 heterocycles. The van der Waals surface area contributed by atoms with Gasteiger partial charge < -0.3 is 11.5 Å². The molecule has 0 unspecified atom stereocenters. The van der Waals surface area contributed by atoms with E-state index in [1.807, 2.05) is 37.3 Å². The van der Waals surface area contributed by atoms with Gasteiger partial charge >= 0.3 is 0 Å². The third-order valence-corrected chi connectivity index (χ3v) is 1.74. The van der Waals surface area contributed by atoms with Crippen molar-refractivity contribution in [1.82, 2.24) is 0 Å². The third kappa shape index (κ3) is 2.31. The quantitative estimate of drug-likeness (QED) is 0.690. The molecule has 0 amide bonds. The average molecular weight is 162 g/mol. The van der Waals surface area contributed by atoms with Crippen molar-refractivity contribution < 1.29 is 0 Å². The molecule has 1 rings (SSSR count). The van der Waals surface area contributed by atoms with E-state index >= 15 is 0 Å². The number of hydrogen-bond acceptors (Lipinski definition) is 2. The van der Waals surface area contributed by atoms with Crippen LogP contribution in [-0.4, -0.2) is 0 Å². The molecular formula is C10H14N2. The maximum Gasteiger partial charge on any atom is 0.0313 e. The van der Waals surface area contributed by atoms with Crippen molar-refractivity contribution in [2.24, 2.45) is 11.5 Å². The van der Waals surface area contributed by atoms with Gasteiger partial charge in [-0.15, -0.1) is 0 Å². The van der Waals surface area contributed by atoms with Crippen LogP contribution in [-0.2, 0) is 6.42 Å². The zero-order chi connectivity index (χ0) is 8.97. The predicted octanol–water partition coefficient (Wildman–Crippen LogP) is 1.38. The van der Waals surface area contributed by atoms with Crippen molar-refractivity contribution in [3.63, 3.8) is 0 Å². The smallest absolute Gasteiger partial charge is 0.0313 e. The molecule has 0 spiro atoms. The second kappa shape index (κ2) is 3.81. The van der Waals surface area contributed by atoms with Gasteiger partial charge in [0.1, 0.15) is 0 Å². The van der Waals surface area contributed by atoms with Gasteiger partial charge in [0.2, 0.25) is 0 Å². The lowest BCUT2D eigenvalue weighted by atomic mass is 10.1. The van der Waals surface area contributed by atoms with E-state index in [4.69, 9.17) is 11.5 Å². The van der Waals surface area contributed by atoms with Crippen LogP contribution in [0.4, 0.5) is 0 Å². The summed E-state index contributed by atoms with van der Waals surface area (Å²) < 4.78 is 0. The van der Waals surface area contributed by atoms with Crippen LogP contribution in [0.15, 0.2) is 41.7 Å². The highest BCUT2D eigenvalue weighted by molar-refractivity contribution is 5.21. The Balaban J connectivity index is 2.72. The molecule has 0 saturated heterocycles. The van der Waals surface area contributed by atoms with Crippen LogP contribution in [0.1, 0.15) is 12.5 Å². The van der Waals surface area contributed by atoms with E-state index in [2.05, 4.69) is 0 Å². The lowest BCUT2D eigenvalue weighted by Gasteiger charge is -2.03. The van der Waals surface area contributed by atoms with Gasteiger partial charge in [0.05, 0.1) is 0 Å². The average Bonchev–Trinajstić information content (AvgIpc) is 2.06. The van der Waals surface area contributed by atoms with Crippen molar-refractivity contribution in [3.8, 4) is 0 Å². The molecule has 2 nitrogen and oxygen atoms in total. The molecule has 1 aromatic rings. The van der Waals surface area contributed by atoms with Crippen LogP contribution >= 0.6 is 0 Å². The second-order valence-corrected chi connectivity index (χ2v) is 2.87. The fraction of sp³-hybridized carbons (Fsp3) is 0.200. The maximum absolute atomic E-state index is 5.70. The summed E-state index contributed by atoms with van der Waals surface area (Å²) in [5.41, 5.74) is 13.9. The lowest BCUT2D eigenvalue weighted by molar-refractivity contribution is 1.04. The van der Waals surface area contributed by atoms with Crippen molar-refractivity contribution in [2.75, 3.05) is 0 Å². The number of rotatable bonds is 2. The monoisotopic (exact) mass is 162 g/mol. The summed E-state index contributed by atoms with van der Waals surface area (Å²) in [5.74, 6) is 0. The van der Waals surface area contributed by atoms with Gasteiger partial charge in [0.15, 0.2) is 0 Å². The van der Waals surface area contributed by atoms with E-state index in [9.17, 15) is 0 Å². The predicted molar refractivity (Wildman–Crippen MR) is 51.2 cm³/mol. The molecule has 4 N–H and O–H groups in total. The summed E-state index contributed by atoms with van der Waals surface area (Å²) in [7, 11) is 0. The van der Waals surface area contributed by atoms with Gasteiger partial charge in [-0.05, 0) is 12.5 Å². The third-order valence-electron chi connectivity index (χ3n) is 1.74. The van der Waals surface area contributed by atoms with E-state index in [-0.39, 0.29) is 0 Å². The molecule has 12 heavy (non-hydrogen) atoms. The summed E-state index contributed by atoms with van der Waals surface area (Å²) in [6.45, 7) is 1.82. The molecule has 0 aliphatic carbocycles. The van der Waals surface area contributed by atoms with E-state index in [1.54, 1.807) is 0 Å². The molecule has 0 atom stereocenters. The number of hydrogen-bond donors (Lipinski definition) is 2. The molecule has 0 fully saturated rings. The molecular weight excluding hydrogens is 148 g/mol. The number of benzene rings is 1. The largest absolute Gasteiger partial charge is 0.401 e. The second-order valence-electron chi connectivity index (χ2n) is 2.87. The molecule has 0 aromatic heterocycles. The van der Waals surface area contributed by atoms with Crippen molar-refractivity contribution >= 4 is 0 Å². The first-order valence-electron chi connectivity index (χ1n) is 3.95. The van der Waals surface area contributed by atoms with Gasteiger partial charge in [-0.3, -0.25) is 0 Å². The summed E-state index contributed by atoms with van der Waals surface area (Å²) in [4.78, 5) is 0. The Hall–Kier alpha value is -1.44. The highest BCUT2D eigenvalue weighted by Gasteiger charge is 1.95. The summed E-state index contributed by atoms with van der Waals surface area (Å²) in [5, 5.41) is 0. The molecule has 0 aliphatic rings. The van der Waals surface area contributed by atoms with Crippen LogP contribution in [0, 0.1) is 0 Å². The number of nitrogens with two attached hydrogens (primary N) is 2. The Morgan fingerprint density at radius 1 is 1.17 bits per heavy atom. The van der Waals surface area contributed by atoms with E-state index in [0.717, 1.165) is 12.1 Å². The van der Waals surface area contributed by atoms with Gasteiger partial charge in [0.25, 0.3) is 0 Å². The van der Waals surface area contributed by atoms with E-state index < -0.39 is 0 Å². The van der Waals surface area contributed by atoms with Gasteiger partial charge in [-0.25, -0.2) is 0 Å². The minimum atomic E-state index is 0.707. The fourth-order valence-corrected chi connectivity index (χ4v) is 0.955. The van der Waals surface area contributed by atoms with Gasteiger partial charge in [-0.1, -0.05) is 30.3 Å². The minimum Gasteiger partial charge on any atom is -0.401 e. The number of allylic oxidation sites excluding steroid dienone is 2. The highest BCUT2D eigenvalue weighted by atomic mass is 14.7. The van der Waals surface area contributed by atoms with Crippen LogP contribution < -0.4 is 11.5 Å². The topological polar surface area (TPSA) is 52.0 Å². The van der Waals surface area contributed by atoms with Crippen molar-refractivity contribution in [1.29, 1.82) is 0 Å². The first-order chi connectivity index (χ1) is 5.70. The Morgan fingerprint density at radius 2 is 1.75 bits per heavy atom. The SMILES string of the molecule is CC(N)=C(N)Cc1ccccc1. The van der Waals surface area contributed by atoms with Gasteiger partial charge in [-0.2, -0.15) is 0 Å². The first-order valence-corrected chi connectivity index (χ1v) is 3.95. The minimum absolute atomic E-state index is 0.707. The zero-order valence-electron chi connectivity index (χ0n) is 7.25. The Bertz CT molecular complexity index is 271. The molecule has 64 valence electrons. The summed E-state index contributed by atoms with van der Waals surface area (Å²) >= 11 is 0. The Kier molecular flexibility index (Phi) is 2.75. The highest BCUT2D eigenvalue weighted by Crippen LogP contribution is 2.04. The fourth-order valence-electron chi connectivity index (χ4n) is 0.955. The molecule has 0 aliphatic heterocycles. The molecule has 0 bridgehead atoms. The lowest BCUT2D eigenvalue weighted by Crippen LogP contribution is -2.09. The van der Waals surface area contributed by atoms with E-state index in [0.29, 0.717) is 5.70 Å². The molecule has 1 aromatic carbocycles. The van der Waals surface area contributed by atoms with E-state index in [1.165, 1.54) is 5.56 Å². The molecule has 2 heteroatoms. The Labute approximate surface area is 72.9 Å². The summed E-state index contributed by atoms with van der Waals surface area (Å²) in [6.07, 6.45) is 0.739. The zero-order valence-corrected chi connectivity index (χ0v) is 7.25. The molecule has 0 radical (unpaired) electrons. The van der Waals surface area contributed by atoms with Crippen molar-refractivity contribution in [2.45, 2.75) is 13.3 Å².